The molecule has 0 spiro atoms. The molecule has 0 amide bonds. The van der Waals surface area contributed by atoms with Crippen molar-refractivity contribution in [2.45, 2.75) is 39.5 Å². The van der Waals surface area contributed by atoms with E-state index in [1.54, 1.807) is 0 Å². The van der Waals surface area contributed by atoms with Crippen molar-refractivity contribution < 1.29 is 4.84 Å². The molecule has 12 heavy (non-hydrogen) atoms. The minimum atomic E-state index is 0.867. The minimum absolute atomic E-state index is 0.867. The van der Waals surface area contributed by atoms with E-state index >= 15 is 0 Å². The Kier molecular flexibility index (Phi) is 9.93. The Morgan fingerprint density at radius 1 is 1.25 bits per heavy atom. The topological polar surface area (TPSA) is 33.6 Å². The van der Waals surface area contributed by atoms with E-state index in [1.165, 1.54) is 19.2 Å². The van der Waals surface area contributed by atoms with Gasteiger partial charge in [-0.1, -0.05) is 26.7 Å². The maximum absolute atomic E-state index is 4.94. The second-order valence-corrected chi connectivity index (χ2v) is 2.73. The molecule has 0 radical (unpaired) electrons. The molecule has 0 atom stereocenters. The second-order valence-electron chi connectivity index (χ2n) is 2.73. The fourth-order valence-corrected chi connectivity index (χ4v) is 0.685. The normalized spacial score (nSPS) is 10.8. The van der Waals surface area contributed by atoms with E-state index < -0.39 is 0 Å². The van der Waals surface area contributed by atoms with Crippen molar-refractivity contribution in [3.63, 3.8) is 0 Å². The summed E-state index contributed by atoms with van der Waals surface area (Å²) in [6, 6.07) is 0. The molecule has 0 aromatic rings. The van der Waals surface area contributed by atoms with E-state index in [9.17, 15) is 0 Å². The largest absolute Gasteiger partial charge is 0.397 e. The first kappa shape index (κ1) is 11.4. The average Bonchev–Trinajstić information content (AvgIpc) is 2.10. The predicted octanol–water partition coefficient (Wildman–Crippen LogP) is 2.14. The molecule has 0 aliphatic rings. The molecular weight excluding hydrogens is 152 g/mol. The van der Waals surface area contributed by atoms with Crippen LogP contribution in [0.15, 0.2) is 4.99 Å². The Morgan fingerprint density at radius 2 is 2.00 bits per heavy atom. The first-order valence-electron chi connectivity index (χ1n) is 4.78. The van der Waals surface area contributed by atoms with Crippen LogP contribution >= 0.6 is 0 Å². The smallest absolute Gasteiger partial charge is 0.196 e. The highest BCUT2D eigenvalue weighted by Crippen LogP contribution is 1.85. The van der Waals surface area contributed by atoms with E-state index in [-0.39, 0.29) is 0 Å². The lowest BCUT2D eigenvalue weighted by Gasteiger charge is -1.99. The van der Waals surface area contributed by atoms with Crippen molar-refractivity contribution in [3.8, 4) is 0 Å². The standard InChI is InChI=1S/C9H20N2O/c1-3-5-7-10-9-12-11-8-6-4-2/h9,11H,3-8H2,1-2H3. The number of hydrogen-bond donors (Lipinski definition) is 1. The summed E-state index contributed by atoms with van der Waals surface area (Å²) < 4.78 is 0. The minimum Gasteiger partial charge on any atom is -0.397 e. The molecule has 72 valence electrons. The molecular formula is C9H20N2O. The van der Waals surface area contributed by atoms with Crippen molar-refractivity contribution in [2.75, 3.05) is 13.1 Å². The van der Waals surface area contributed by atoms with Crippen LogP contribution in [0.25, 0.3) is 0 Å². The van der Waals surface area contributed by atoms with Crippen LogP contribution < -0.4 is 5.48 Å². The summed E-state index contributed by atoms with van der Waals surface area (Å²) >= 11 is 0. The summed E-state index contributed by atoms with van der Waals surface area (Å²) in [4.78, 5) is 8.99. The van der Waals surface area contributed by atoms with Gasteiger partial charge >= 0.3 is 0 Å². The summed E-state index contributed by atoms with van der Waals surface area (Å²) in [7, 11) is 0. The van der Waals surface area contributed by atoms with Gasteiger partial charge in [0.15, 0.2) is 6.40 Å². The zero-order valence-corrected chi connectivity index (χ0v) is 8.18. The van der Waals surface area contributed by atoms with Crippen LogP contribution in [0.4, 0.5) is 0 Å². The summed E-state index contributed by atoms with van der Waals surface area (Å²) in [5.41, 5.74) is 2.81. The van der Waals surface area contributed by atoms with E-state index in [2.05, 4.69) is 24.3 Å². The Bertz CT molecular complexity index is 105. The van der Waals surface area contributed by atoms with Gasteiger partial charge in [0, 0.05) is 13.1 Å². The molecule has 0 saturated heterocycles. The van der Waals surface area contributed by atoms with Gasteiger partial charge in [-0.3, -0.25) is 4.99 Å². The number of nitrogens with one attached hydrogen (secondary N) is 1. The molecule has 3 heteroatoms. The molecule has 0 rings (SSSR count). The van der Waals surface area contributed by atoms with Crippen LogP contribution in [0.5, 0.6) is 0 Å². The summed E-state index contributed by atoms with van der Waals surface area (Å²) in [5.74, 6) is 0. The van der Waals surface area contributed by atoms with Crippen molar-refractivity contribution in [2.24, 2.45) is 4.99 Å². The second kappa shape index (κ2) is 10.4. The maximum atomic E-state index is 4.94. The van der Waals surface area contributed by atoms with Crippen LogP contribution in [-0.4, -0.2) is 19.5 Å². The summed E-state index contributed by atoms with van der Waals surface area (Å²) in [5, 5.41) is 0. The first-order valence-corrected chi connectivity index (χ1v) is 4.78. The zero-order valence-electron chi connectivity index (χ0n) is 8.18. The van der Waals surface area contributed by atoms with Crippen molar-refractivity contribution in [1.29, 1.82) is 0 Å². The Morgan fingerprint density at radius 3 is 2.67 bits per heavy atom. The van der Waals surface area contributed by atoms with E-state index in [0.717, 1.165) is 25.9 Å². The predicted molar refractivity (Wildman–Crippen MR) is 52.3 cm³/mol. The van der Waals surface area contributed by atoms with E-state index in [1.807, 2.05) is 0 Å². The number of unbranched alkanes of at least 4 members (excludes halogenated alkanes) is 2. The monoisotopic (exact) mass is 172 g/mol. The fourth-order valence-electron chi connectivity index (χ4n) is 0.685. The van der Waals surface area contributed by atoms with Crippen LogP contribution in [0.1, 0.15) is 39.5 Å². The number of hydrogen-bond acceptors (Lipinski definition) is 3. The van der Waals surface area contributed by atoms with Crippen LogP contribution in [-0.2, 0) is 4.84 Å². The highest BCUT2D eigenvalue weighted by molar-refractivity contribution is 5.45. The van der Waals surface area contributed by atoms with Gasteiger partial charge in [-0.25, -0.2) is 0 Å². The van der Waals surface area contributed by atoms with E-state index in [0.29, 0.717) is 0 Å². The summed E-state index contributed by atoms with van der Waals surface area (Å²) in [6.07, 6.45) is 6.13. The lowest BCUT2D eigenvalue weighted by atomic mass is 10.3. The van der Waals surface area contributed by atoms with Gasteiger partial charge in [0.05, 0.1) is 0 Å². The van der Waals surface area contributed by atoms with Crippen LogP contribution in [0.2, 0.25) is 0 Å². The molecule has 1 N–H and O–H groups in total. The molecule has 0 aromatic carbocycles. The number of nitrogens with zero attached hydrogens (tertiary/aromatic N) is 1. The highest BCUT2D eigenvalue weighted by atomic mass is 16.6. The fraction of sp³-hybridized carbons (Fsp3) is 0.889. The quantitative estimate of drug-likeness (QED) is 0.263. The molecule has 0 unspecified atom stereocenters. The van der Waals surface area contributed by atoms with Crippen LogP contribution in [0.3, 0.4) is 0 Å². The van der Waals surface area contributed by atoms with Gasteiger partial charge in [0.1, 0.15) is 0 Å². The Labute approximate surface area is 75.2 Å². The van der Waals surface area contributed by atoms with Crippen molar-refractivity contribution >= 4 is 6.40 Å². The molecule has 0 aliphatic carbocycles. The third-order valence-corrected chi connectivity index (χ3v) is 1.48. The van der Waals surface area contributed by atoms with Gasteiger partial charge in [0.25, 0.3) is 0 Å². The summed E-state index contributed by atoms with van der Waals surface area (Å²) in [6.45, 7) is 6.06. The average molecular weight is 172 g/mol. The third kappa shape index (κ3) is 9.43. The van der Waals surface area contributed by atoms with Gasteiger partial charge in [-0.15, -0.1) is 0 Å². The Hall–Kier alpha value is -0.570. The molecule has 3 nitrogen and oxygen atoms in total. The first-order chi connectivity index (χ1) is 5.91. The van der Waals surface area contributed by atoms with E-state index in [4.69, 9.17) is 4.84 Å². The third-order valence-electron chi connectivity index (χ3n) is 1.48. The maximum Gasteiger partial charge on any atom is 0.196 e. The lowest BCUT2D eigenvalue weighted by molar-refractivity contribution is 0.191. The Balaban J connectivity index is 2.92. The number of aliphatic imine (C=N–C) groups is 1. The molecule has 0 heterocycles. The molecule has 0 aliphatic heterocycles. The number of rotatable bonds is 8. The molecule has 0 fully saturated rings. The highest BCUT2D eigenvalue weighted by Gasteiger charge is 1.82. The van der Waals surface area contributed by atoms with Gasteiger partial charge in [0.2, 0.25) is 0 Å². The molecule has 0 bridgehead atoms. The SMILES string of the molecule is CCCCN=CONCCCC. The van der Waals surface area contributed by atoms with Gasteiger partial charge in [-0.2, -0.15) is 5.48 Å². The van der Waals surface area contributed by atoms with Crippen molar-refractivity contribution in [1.82, 2.24) is 5.48 Å². The lowest BCUT2D eigenvalue weighted by Crippen LogP contribution is -2.14. The zero-order chi connectivity index (χ0) is 9.07. The number of hydroxylamine groups is 1. The van der Waals surface area contributed by atoms with Gasteiger partial charge < -0.3 is 4.84 Å². The molecule has 0 aromatic heterocycles. The van der Waals surface area contributed by atoms with Crippen molar-refractivity contribution in [3.05, 3.63) is 0 Å². The van der Waals surface area contributed by atoms with Gasteiger partial charge in [-0.05, 0) is 12.8 Å². The van der Waals surface area contributed by atoms with Crippen LogP contribution in [0, 0.1) is 0 Å². The molecule has 0 saturated carbocycles.